The number of anilines is 1. The number of aliphatic hydroxyl groups is 1. The predicted molar refractivity (Wildman–Crippen MR) is 129 cm³/mol. The van der Waals surface area contributed by atoms with Gasteiger partial charge in [-0.25, -0.2) is 4.98 Å². The fraction of sp³-hybridized carbons (Fsp3) is 0.500. The van der Waals surface area contributed by atoms with Crippen molar-refractivity contribution < 1.29 is 9.90 Å². The fourth-order valence-electron chi connectivity index (χ4n) is 4.77. The number of unbranched alkanes of at least 4 members (excludes halogenated alkanes) is 5. The van der Waals surface area contributed by atoms with Crippen LogP contribution in [0.3, 0.4) is 0 Å². The van der Waals surface area contributed by atoms with Gasteiger partial charge in [0, 0.05) is 24.9 Å². The van der Waals surface area contributed by atoms with Crippen LogP contribution in [-0.2, 0) is 0 Å². The Bertz CT molecular complexity index is 1130. The molecule has 1 aromatic carbocycles. The van der Waals surface area contributed by atoms with Crippen molar-refractivity contribution >= 4 is 28.1 Å². The maximum absolute atomic E-state index is 13.3. The topological polar surface area (TPSA) is 75.4 Å². The Morgan fingerprint density at radius 1 is 1.16 bits per heavy atom. The highest BCUT2D eigenvalue weighted by atomic mass is 16.3. The fourth-order valence-corrected chi connectivity index (χ4v) is 4.77. The van der Waals surface area contributed by atoms with Crippen LogP contribution in [0.2, 0.25) is 0 Å². The third-order valence-electron chi connectivity index (χ3n) is 6.68. The molecule has 0 saturated carbocycles. The van der Waals surface area contributed by atoms with Gasteiger partial charge < -0.3 is 10.0 Å². The number of benzene rings is 1. The van der Waals surface area contributed by atoms with Crippen LogP contribution in [0.4, 0.5) is 5.69 Å². The number of hydrogen-bond acceptors (Lipinski definition) is 5. The Morgan fingerprint density at radius 3 is 2.72 bits per heavy atom. The highest BCUT2D eigenvalue weighted by Gasteiger charge is 2.34. The average Bonchev–Trinajstić information content (AvgIpc) is 3.07. The molecular formula is C26H33N3O3. The van der Waals surface area contributed by atoms with Crippen LogP contribution in [0.25, 0.3) is 16.6 Å². The second-order valence-corrected chi connectivity index (χ2v) is 9.00. The first-order valence-corrected chi connectivity index (χ1v) is 11.9. The van der Waals surface area contributed by atoms with Gasteiger partial charge >= 0.3 is 0 Å². The molecule has 32 heavy (non-hydrogen) atoms. The predicted octanol–water partition coefficient (Wildman–Crippen LogP) is 4.56. The SMILES string of the molecule is CCCCCCCCC1C=CC2=C(C1)C(=O)c1nc3cc(N(C)CCO)ccc3c(=O)n12. The number of aliphatic hydroxyl groups excluding tert-OH is 1. The highest BCUT2D eigenvalue weighted by molar-refractivity contribution is 6.16. The van der Waals surface area contributed by atoms with E-state index in [1.54, 1.807) is 6.07 Å². The number of rotatable bonds is 10. The van der Waals surface area contributed by atoms with Gasteiger partial charge in [-0.3, -0.25) is 14.2 Å². The van der Waals surface area contributed by atoms with Crippen LogP contribution in [0.15, 0.2) is 40.7 Å². The van der Waals surface area contributed by atoms with E-state index in [1.807, 2.05) is 30.2 Å². The maximum Gasteiger partial charge on any atom is 0.266 e. The Morgan fingerprint density at radius 2 is 1.94 bits per heavy atom. The summed E-state index contributed by atoms with van der Waals surface area (Å²) in [4.78, 5) is 32.9. The molecule has 0 fully saturated rings. The van der Waals surface area contributed by atoms with Gasteiger partial charge in [0.1, 0.15) is 0 Å². The Hall–Kier alpha value is -2.73. The molecule has 2 heterocycles. The zero-order chi connectivity index (χ0) is 22.7. The number of nitrogens with zero attached hydrogens (tertiary/aromatic N) is 3. The molecule has 1 atom stereocenters. The van der Waals surface area contributed by atoms with E-state index < -0.39 is 0 Å². The number of hydrogen-bond donors (Lipinski definition) is 1. The standard InChI is InChI=1S/C26H33N3O3/c1-3-4-5-6-7-8-9-18-10-13-23-21(16-18)24(31)25-27-22-17-19(28(2)14-15-30)11-12-20(22)26(32)29(23)25/h10-13,17-18,30H,3-9,14-16H2,1-2H3. The molecule has 1 aliphatic carbocycles. The van der Waals surface area contributed by atoms with Gasteiger partial charge in [0.15, 0.2) is 5.82 Å². The zero-order valence-electron chi connectivity index (χ0n) is 19.1. The largest absolute Gasteiger partial charge is 0.395 e. The minimum atomic E-state index is -0.196. The maximum atomic E-state index is 13.3. The van der Waals surface area contributed by atoms with E-state index in [0.717, 1.165) is 17.7 Å². The summed E-state index contributed by atoms with van der Waals surface area (Å²) >= 11 is 0. The summed E-state index contributed by atoms with van der Waals surface area (Å²) in [5.41, 5.74) is 2.60. The minimum absolute atomic E-state index is 0.0379. The third-order valence-corrected chi connectivity index (χ3v) is 6.68. The van der Waals surface area contributed by atoms with Crippen LogP contribution >= 0.6 is 0 Å². The summed E-state index contributed by atoms with van der Waals surface area (Å²) in [6.07, 6.45) is 13.4. The number of Topliss-reactive ketones (excluding diaryl/α,β-unsaturated/α-hetero) is 1. The first-order valence-electron chi connectivity index (χ1n) is 11.9. The molecule has 170 valence electrons. The molecule has 0 bridgehead atoms. The molecular weight excluding hydrogens is 402 g/mol. The summed E-state index contributed by atoms with van der Waals surface area (Å²) in [6.45, 7) is 2.75. The van der Waals surface area contributed by atoms with Crippen molar-refractivity contribution in [1.29, 1.82) is 0 Å². The first kappa shape index (κ1) is 22.5. The van der Waals surface area contributed by atoms with Crippen LogP contribution in [0.5, 0.6) is 0 Å². The molecule has 0 radical (unpaired) electrons. The number of allylic oxidation sites excluding steroid dienone is 4. The van der Waals surface area contributed by atoms with E-state index in [1.165, 1.54) is 43.1 Å². The van der Waals surface area contributed by atoms with Crippen LogP contribution in [0.1, 0.15) is 68.9 Å². The molecule has 1 aliphatic heterocycles. The molecule has 2 aromatic rings. The van der Waals surface area contributed by atoms with Gasteiger partial charge in [0.2, 0.25) is 5.78 Å². The molecule has 2 aliphatic rings. The lowest BCUT2D eigenvalue weighted by atomic mass is 9.87. The Labute approximate surface area is 189 Å². The van der Waals surface area contributed by atoms with Crippen LogP contribution in [-0.4, -0.2) is 40.6 Å². The van der Waals surface area contributed by atoms with E-state index in [4.69, 9.17) is 0 Å². The van der Waals surface area contributed by atoms with Crippen LogP contribution < -0.4 is 10.5 Å². The van der Waals surface area contributed by atoms with E-state index in [2.05, 4.69) is 18.0 Å². The summed E-state index contributed by atoms with van der Waals surface area (Å²) in [6, 6.07) is 5.43. The molecule has 1 unspecified atom stereocenters. The molecule has 0 amide bonds. The quantitative estimate of drug-likeness (QED) is 0.554. The number of ketones is 1. The third kappa shape index (κ3) is 4.29. The van der Waals surface area contributed by atoms with Gasteiger partial charge in [-0.05, 0) is 43.0 Å². The van der Waals surface area contributed by atoms with Crippen molar-refractivity contribution in [3.8, 4) is 0 Å². The van der Waals surface area contributed by atoms with E-state index in [-0.39, 0.29) is 23.8 Å². The Kier molecular flexibility index (Phi) is 6.89. The lowest BCUT2D eigenvalue weighted by Crippen LogP contribution is -2.24. The van der Waals surface area contributed by atoms with Crippen molar-refractivity contribution in [2.45, 2.75) is 58.3 Å². The summed E-state index contributed by atoms with van der Waals surface area (Å²) in [7, 11) is 1.87. The van der Waals surface area contributed by atoms with E-state index >= 15 is 0 Å². The Balaban J connectivity index is 1.53. The summed E-state index contributed by atoms with van der Waals surface area (Å²) in [5.74, 6) is 0.451. The van der Waals surface area contributed by atoms with Crippen molar-refractivity contribution in [1.82, 2.24) is 9.55 Å². The molecule has 0 spiro atoms. The van der Waals surface area contributed by atoms with Gasteiger partial charge in [-0.2, -0.15) is 0 Å². The van der Waals surface area contributed by atoms with Gasteiger partial charge in [-0.1, -0.05) is 51.5 Å². The number of aromatic nitrogens is 2. The van der Waals surface area contributed by atoms with Crippen LogP contribution in [0, 0.1) is 5.92 Å². The monoisotopic (exact) mass is 435 g/mol. The average molecular weight is 436 g/mol. The summed E-state index contributed by atoms with van der Waals surface area (Å²) < 4.78 is 1.49. The molecule has 0 saturated heterocycles. The van der Waals surface area contributed by atoms with Crippen molar-refractivity contribution in [3.63, 3.8) is 0 Å². The number of carbonyl (C=O) groups excluding carboxylic acids is 1. The highest BCUT2D eigenvalue weighted by Crippen LogP contribution is 2.36. The summed E-state index contributed by atoms with van der Waals surface area (Å²) in [5, 5.41) is 9.69. The molecule has 6 nitrogen and oxygen atoms in total. The first-order chi connectivity index (χ1) is 15.5. The zero-order valence-corrected chi connectivity index (χ0v) is 19.1. The second-order valence-electron chi connectivity index (χ2n) is 9.00. The van der Waals surface area contributed by atoms with Gasteiger partial charge in [0.25, 0.3) is 5.56 Å². The molecule has 6 heteroatoms. The van der Waals surface area contributed by atoms with Crippen molar-refractivity contribution in [2.75, 3.05) is 25.1 Å². The van der Waals surface area contributed by atoms with E-state index in [0.29, 0.717) is 35.5 Å². The van der Waals surface area contributed by atoms with E-state index in [9.17, 15) is 14.7 Å². The van der Waals surface area contributed by atoms with Gasteiger partial charge in [0.05, 0.1) is 23.2 Å². The number of carbonyl (C=O) groups is 1. The number of likely N-dealkylation sites (N-methyl/N-ethyl adjacent to an activating group) is 1. The lowest BCUT2D eigenvalue weighted by molar-refractivity contribution is 0.102. The van der Waals surface area contributed by atoms with Gasteiger partial charge in [-0.15, -0.1) is 0 Å². The second kappa shape index (κ2) is 9.82. The normalized spacial score (nSPS) is 17.2. The minimum Gasteiger partial charge on any atom is -0.395 e. The molecule has 1 N–H and O–H groups in total. The lowest BCUT2D eigenvalue weighted by Gasteiger charge is -2.18. The smallest absolute Gasteiger partial charge is 0.266 e. The number of fused-ring (bicyclic) bond motifs is 3. The molecule has 4 rings (SSSR count). The van der Waals surface area contributed by atoms with Crippen molar-refractivity contribution in [2.24, 2.45) is 5.92 Å². The molecule has 1 aromatic heterocycles. The van der Waals surface area contributed by atoms with Crippen molar-refractivity contribution in [3.05, 3.63) is 52.1 Å².